The standard InChI is InChI=1S/C26H21N5O/c1-15-10-17(11-20-22(12-27)29-14-23(32)24(15)20)21-13-30-31(3)26(21)19-9-8-16-6-4-5-7-18(16)25(19)28-2/h4-11,13H,12,14,27H2,1,3H3. The quantitative estimate of drug-likeness (QED) is 0.489. The van der Waals surface area contributed by atoms with E-state index in [1.165, 1.54) is 0 Å². The smallest absolute Gasteiger partial charge is 0.204 e. The molecule has 0 saturated carbocycles. The summed E-state index contributed by atoms with van der Waals surface area (Å²) >= 11 is 0. The molecule has 6 heteroatoms. The lowest BCUT2D eigenvalue weighted by Gasteiger charge is -2.19. The van der Waals surface area contributed by atoms with Crippen LogP contribution in [0.5, 0.6) is 0 Å². The number of rotatable bonds is 3. The fraction of sp³-hybridized carbons (Fsp3) is 0.154. The van der Waals surface area contributed by atoms with Crippen LogP contribution >= 0.6 is 0 Å². The van der Waals surface area contributed by atoms with E-state index < -0.39 is 0 Å². The first-order chi connectivity index (χ1) is 15.5. The monoisotopic (exact) mass is 419 g/mol. The molecule has 0 spiro atoms. The highest BCUT2D eigenvalue weighted by Gasteiger charge is 2.25. The van der Waals surface area contributed by atoms with Crippen LogP contribution in [0.3, 0.4) is 0 Å². The predicted octanol–water partition coefficient (Wildman–Crippen LogP) is 4.71. The number of Topliss-reactive ketones (excluding diaryl/α,β-unsaturated/α-hetero) is 1. The van der Waals surface area contributed by atoms with E-state index in [1.807, 2.05) is 68.7 Å². The van der Waals surface area contributed by atoms with Gasteiger partial charge in [-0.15, -0.1) is 0 Å². The number of carbonyl (C=O) groups excluding carboxylic acids is 1. The van der Waals surface area contributed by atoms with Crippen molar-refractivity contribution in [3.8, 4) is 22.4 Å². The molecule has 5 rings (SSSR count). The highest BCUT2D eigenvalue weighted by Crippen LogP contribution is 2.42. The molecule has 1 aliphatic heterocycles. The van der Waals surface area contributed by atoms with Crippen molar-refractivity contribution in [3.63, 3.8) is 0 Å². The van der Waals surface area contributed by atoms with Gasteiger partial charge in [0.15, 0.2) is 5.78 Å². The molecule has 3 aromatic carbocycles. The molecule has 0 aliphatic carbocycles. The lowest BCUT2D eigenvalue weighted by atomic mass is 9.88. The third-order valence-corrected chi connectivity index (χ3v) is 6.05. The van der Waals surface area contributed by atoms with Crippen molar-refractivity contribution in [2.75, 3.05) is 13.1 Å². The van der Waals surface area contributed by atoms with Crippen molar-refractivity contribution in [2.45, 2.75) is 6.92 Å². The summed E-state index contributed by atoms with van der Waals surface area (Å²) in [6.45, 7) is 10.2. The van der Waals surface area contributed by atoms with Crippen LogP contribution in [0.4, 0.5) is 5.69 Å². The second-order valence-electron chi connectivity index (χ2n) is 7.93. The van der Waals surface area contributed by atoms with Crippen molar-refractivity contribution >= 4 is 28.0 Å². The molecule has 1 aliphatic rings. The fourth-order valence-electron chi connectivity index (χ4n) is 4.58. The van der Waals surface area contributed by atoms with Crippen LogP contribution < -0.4 is 5.73 Å². The van der Waals surface area contributed by atoms with Gasteiger partial charge in [0, 0.05) is 35.8 Å². The van der Waals surface area contributed by atoms with E-state index in [-0.39, 0.29) is 18.9 Å². The van der Waals surface area contributed by atoms with Gasteiger partial charge in [-0.1, -0.05) is 42.5 Å². The number of hydrogen-bond donors (Lipinski definition) is 1. The van der Waals surface area contributed by atoms with E-state index in [1.54, 1.807) is 4.68 Å². The van der Waals surface area contributed by atoms with E-state index in [0.29, 0.717) is 11.3 Å². The molecule has 0 atom stereocenters. The second-order valence-corrected chi connectivity index (χ2v) is 7.93. The molecule has 2 heterocycles. The number of aromatic nitrogens is 2. The summed E-state index contributed by atoms with van der Waals surface area (Å²) in [5.41, 5.74) is 13.1. The minimum absolute atomic E-state index is 0.0116. The molecule has 0 fully saturated rings. The van der Waals surface area contributed by atoms with Gasteiger partial charge in [0.2, 0.25) is 5.69 Å². The summed E-state index contributed by atoms with van der Waals surface area (Å²) in [4.78, 5) is 20.8. The van der Waals surface area contributed by atoms with E-state index in [0.717, 1.165) is 50.0 Å². The van der Waals surface area contributed by atoms with Gasteiger partial charge in [0.05, 0.1) is 24.2 Å². The Morgan fingerprint density at radius 1 is 1.12 bits per heavy atom. The van der Waals surface area contributed by atoms with Crippen molar-refractivity contribution in [1.29, 1.82) is 0 Å². The molecular weight excluding hydrogens is 398 g/mol. The Kier molecular flexibility index (Phi) is 4.69. The van der Waals surface area contributed by atoms with Crippen molar-refractivity contribution in [3.05, 3.63) is 82.8 Å². The van der Waals surface area contributed by atoms with Gasteiger partial charge >= 0.3 is 0 Å². The number of aliphatic imine (C=N–C) groups is 1. The van der Waals surface area contributed by atoms with Crippen LogP contribution in [0, 0.1) is 13.5 Å². The molecule has 32 heavy (non-hydrogen) atoms. The maximum Gasteiger partial charge on any atom is 0.204 e. The van der Waals surface area contributed by atoms with Gasteiger partial charge in [-0.05, 0) is 34.9 Å². The highest BCUT2D eigenvalue weighted by atomic mass is 16.1. The molecule has 4 aromatic rings. The fourth-order valence-corrected chi connectivity index (χ4v) is 4.58. The van der Waals surface area contributed by atoms with Crippen LogP contribution in [0.25, 0.3) is 38.0 Å². The summed E-state index contributed by atoms with van der Waals surface area (Å²) in [6, 6.07) is 15.9. The predicted molar refractivity (Wildman–Crippen MR) is 127 cm³/mol. The zero-order valence-corrected chi connectivity index (χ0v) is 17.9. The highest BCUT2D eigenvalue weighted by molar-refractivity contribution is 6.17. The van der Waals surface area contributed by atoms with Crippen LogP contribution in [-0.4, -0.2) is 34.4 Å². The average Bonchev–Trinajstić information content (AvgIpc) is 3.19. The van der Waals surface area contributed by atoms with Gasteiger partial charge in [-0.25, -0.2) is 4.85 Å². The first-order valence-electron chi connectivity index (χ1n) is 10.4. The minimum Gasteiger partial charge on any atom is -0.325 e. The first kappa shape index (κ1) is 19.9. The Balaban J connectivity index is 1.77. The third-order valence-electron chi connectivity index (χ3n) is 6.05. The zero-order valence-electron chi connectivity index (χ0n) is 17.9. The third kappa shape index (κ3) is 2.95. The number of aryl methyl sites for hydroxylation is 2. The first-order valence-corrected chi connectivity index (χ1v) is 10.4. The van der Waals surface area contributed by atoms with Crippen LogP contribution in [0.15, 0.2) is 59.7 Å². The Labute approximate surface area is 185 Å². The Hall–Kier alpha value is -4.08. The van der Waals surface area contributed by atoms with Crippen molar-refractivity contribution < 1.29 is 4.79 Å². The molecule has 0 saturated heterocycles. The maximum atomic E-state index is 12.5. The topological polar surface area (TPSA) is 77.6 Å². The number of nitrogens with zero attached hydrogens (tertiary/aromatic N) is 4. The molecular formula is C26H21N5O. The van der Waals surface area contributed by atoms with Crippen molar-refractivity contribution in [1.82, 2.24) is 9.78 Å². The minimum atomic E-state index is 0.0116. The van der Waals surface area contributed by atoms with Gasteiger partial charge in [0.25, 0.3) is 0 Å². The summed E-state index contributed by atoms with van der Waals surface area (Å²) in [7, 11) is 1.88. The Morgan fingerprint density at radius 3 is 2.72 bits per heavy atom. The number of ketones is 1. The summed E-state index contributed by atoms with van der Waals surface area (Å²) in [5.74, 6) is 0.0116. The zero-order chi connectivity index (χ0) is 22.4. The number of fused-ring (bicyclic) bond motifs is 2. The van der Waals surface area contributed by atoms with Crippen LogP contribution in [-0.2, 0) is 7.05 Å². The normalized spacial score (nSPS) is 13.1. The van der Waals surface area contributed by atoms with Crippen LogP contribution in [0.2, 0.25) is 0 Å². The van der Waals surface area contributed by atoms with Gasteiger partial charge < -0.3 is 5.73 Å². The summed E-state index contributed by atoms with van der Waals surface area (Å²) in [6.07, 6.45) is 1.81. The van der Waals surface area contributed by atoms with Crippen LogP contribution in [0.1, 0.15) is 21.5 Å². The van der Waals surface area contributed by atoms with Gasteiger partial charge in [-0.2, -0.15) is 5.10 Å². The van der Waals surface area contributed by atoms with E-state index >= 15 is 0 Å². The molecule has 0 bridgehead atoms. The Bertz CT molecular complexity index is 1490. The molecule has 0 radical (unpaired) electrons. The van der Waals surface area contributed by atoms with Crippen molar-refractivity contribution in [2.24, 2.45) is 17.8 Å². The summed E-state index contributed by atoms with van der Waals surface area (Å²) < 4.78 is 1.80. The van der Waals surface area contributed by atoms with Gasteiger partial charge in [0.1, 0.15) is 6.54 Å². The van der Waals surface area contributed by atoms with E-state index in [2.05, 4.69) is 14.9 Å². The second kappa shape index (κ2) is 7.56. The molecule has 2 N–H and O–H groups in total. The molecule has 6 nitrogen and oxygen atoms in total. The number of nitrogens with two attached hydrogens (primary N) is 1. The largest absolute Gasteiger partial charge is 0.325 e. The number of carbonyl (C=O) groups is 1. The maximum absolute atomic E-state index is 12.5. The Morgan fingerprint density at radius 2 is 1.94 bits per heavy atom. The number of benzene rings is 3. The SMILES string of the molecule is [C-]#[N+]c1c(-c2c(-c3cc(C)c4c(c3)C(CN)=NCC4=O)cnn2C)ccc2ccccc12. The molecule has 156 valence electrons. The number of hydrogen-bond acceptors (Lipinski definition) is 4. The molecule has 0 amide bonds. The van der Waals surface area contributed by atoms with E-state index in [4.69, 9.17) is 12.3 Å². The summed E-state index contributed by atoms with van der Waals surface area (Å²) in [5, 5.41) is 6.45. The van der Waals surface area contributed by atoms with E-state index in [9.17, 15) is 4.79 Å². The molecule has 1 aromatic heterocycles. The lowest BCUT2D eigenvalue weighted by Crippen LogP contribution is -2.25. The lowest BCUT2D eigenvalue weighted by molar-refractivity contribution is 0.0999. The average molecular weight is 419 g/mol. The van der Waals surface area contributed by atoms with Gasteiger partial charge in [-0.3, -0.25) is 14.5 Å². The molecule has 0 unspecified atom stereocenters.